The largest absolute Gasteiger partial charge is 0.477 e. The van der Waals surface area contributed by atoms with Gasteiger partial charge < -0.3 is 5.11 Å². The van der Waals surface area contributed by atoms with E-state index in [0.717, 1.165) is 10.2 Å². The van der Waals surface area contributed by atoms with Gasteiger partial charge in [0.25, 0.3) is 5.91 Å². The zero-order valence-corrected chi connectivity index (χ0v) is 15.5. The first-order chi connectivity index (χ1) is 12.8. The van der Waals surface area contributed by atoms with E-state index in [1.54, 1.807) is 18.2 Å². The molecular weight excluding hydrogens is 395 g/mol. The zero-order valence-electron chi connectivity index (χ0n) is 14.0. The van der Waals surface area contributed by atoms with Gasteiger partial charge in [-0.3, -0.25) is 10.1 Å². The molecule has 0 saturated carbocycles. The molecule has 1 aromatic carbocycles. The fourth-order valence-electron chi connectivity index (χ4n) is 2.37. The minimum atomic E-state index is -1.17. The van der Waals surface area contributed by atoms with Gasteiger partial charge in [0, 0.05) is 16.2 Å². The minimum absolute atomic E-state index is 0.0842. The van der Waals surface area contributed by atoms with Crippen molar-refractivity contribution < 1.29 is 14.7 Å². The molecule has 0 aliphatic carbocycles. The number of rotatable bonds is 6. The SMILES string of the molecule is CC(C(=O)Nc1ncn(Cc2ccc(Cl)cc2Cl)n1)n1nccc1C(=O)O. The Morgan fingerprint density at radius 1 is 1.30 bits per heavy atom. The third-order valence-corrected chi connectivity index (χ3v) is 4.34. The maximum absolute atomic E-state index is 12.4. The quantitative estimate of drug-likeness (QED) is 0.647. The molecule has 11 heteroatoms. The van der Waals surface area contributed by atoms with E-state index in [2.05, 4.69) is 20.5 Å². The van der Waals surface area contributed by atoms with Crippen LogP contribution in [0.15, 0.2) is 36.8 Å². The molecule has 0 bridgehead atoms. The Hall–Kier alpha value is -2.91. The van der Waals surface area contributed by atoms with Crippen molar-refractivity contribution in [2.75, 3.05) is 5.32 Å². The molecule has 3 aromatic rings. The van der Waals surface area contributed by atoms with Gasteiger partial charge in [-0.2, -0.15) is 5.10 Å². The number of nitrogens with zero attached hydrogens (tertiary/aromatic N) is 5. The number of carbonyl (C=O) groups excluding carboxylic acids is 1. The first-order valence-electron chi connectivity index (χ1n) is 7.76. The summed E-state index contributed by atoms with van der Waals surface area (Å²) in [5.74, 6) is -1.58. The number of halogens is 2. The molecule has 3 rings (SSSR count). The summed E-state index contributed by atoms with van der Waals surface area (Å²) in [5, 5.41) is 20.7. The van der Waals surface area contributed by atoms with Crippen LogP contribution in [0.4, 0.5) is 5.95 Å². The average Bonchev–Trinajstić information content (AvgIpc) is 3.26. The number of hydrogen-bond acceptors (Lipinski definition) is 5. The first kappa shape index (κ1) is 18.9. The van der Waals surface area contributed by atoms with Gasteiger partial charge in [-0.05, 0) is 30.7 Å². The first-order valence-corrected chi connectivity index (χ1v) is 8.52. The van der Waals surface area contributed by atoms with Crippen LogP contribution in [0, 0.1) is 0 Å². The number of carbonyl (C=O) groups is 2. The van der Waals surface area contributed by atoms with Crippen molar-refractivity contribution in [3.05, 3.63) is 58.1 Å². The highest BCUT2D eigenvalue weighted by Gasteiger charge is 2.22. The lowest BCUT2D eigenvalue weighted by Gasteiger charge is -2.12. The van der Waals surface area contributed by atoms with E-state index in [1.807, 2.05) is 0 Å². The highest BCUT2D eigenvalue weighted by molar-refractivity contribution is 6.35. The lowest BCUT2D eigenvalue weighted by molar-refractivity contribution is -0.119. The van der Waals surface area contributed by atoms with Gasteiger partial charge in [-0.15, -0.1) is 5.10 Å². The van der Waals surface area contributed by atoms with Gasteiger partial charge in [0.2, 0.25) is 5.95 Å². The van der Waals surface area contributed by atoms with Crippen molar-refractivity contribution in [2.24, 2.45) is 0 Å². The van der Waals surface area contributed by atoms with Gasteiger partial charge in [0.15, 0.2) is 0 Å². The van der Waals surface area contributed by atoms with Crippen molar-refractivity contribution >= 4 is 41.0 Å². The molecule has 2 N–H and O–H groups in total. The Morgan fingerprint density at radius 3 is 2.78 bits per heavy atom. The van der Waals surface area contributed by atoms with Gasteiger partial charge in [0.1, 0.15) is 18.1 Å². The molecule has 2 heterocycles. The molecule has 1 atom stereocenters. The average molecular weight is 409 g/mol. The molecule has 0 fully saturated rings. The molecule has 0 aliphatic rings. The summed E-state index contributed by atoms with van der Waals surface area (Å²) in [6.45, 7) is 1.87. The third kappa shape index (κ3) is 4.26. The molecule has 0 radical (unpaired) electrons. The number of aromatic carboxylic acids is 1. The molecule has 1 unspecified atom stereocenters. The summed E-state index contributed by atoms with van der Waals surface area (Å²) in [7, 11) is 0. The molecule has 2 aromatic heterocycles. The second-order valence-corrected chi connectivity index (χ2v) is 6.48. The summed E-state index contributed by atoms with van der Waals surface area (Å²) in [6.07, 6.45) is 2.76. The number of carboxylic acids is 1. The maximum atomic E-state index is 12.4. The van der Waals surface area contributed by atoms with Crippen molar-refractivity contribution in [3.63, 3.8) is 0 Å². The molecular formula is C16H14Cl2N6O3. The Morgan fingerprint density at radius 2 is 2.07 bits per heavy atom. The second-order valence-electron chi connectivity index (χ2n) is 5.63. The molecule has 9 nitrogen and oxygen atoms in total. The summed E-state index contributed by atoms with van der Waals surface area (Å²) in [4.78, 5) is 27.5. The maximum Gasteiger partial charge on any atom is 0.354 e. The lowest BCUT2D eigenvalue weighted by Crippen LogP contribution is -2.27. The van der Waals surface area contributed by atoms with E-state index >= 15 is 0 Å². The van der Waals surface area contributed by atoms with Gasteiger partial charge in [-0.25, -0.2) is 19.1 Å². The van der Waals surface area contributed by atoms with Crippen LogP contribution in [0.25, 0.3) is 0 Å². The predicted octanol–water partition coefficient (Wildman–Crippen LogP) is 2.73. The van der Waals surface area contributed by atoms with E-state index in [9.17, 15) is 9.59 Å². The number of amides is 1. The number of anilines is 1. The van der Waals surface area contributed by atoms with Crippen LogP contribution >= 0.6 is 23.2 Å². The fourth-order valence-corrected chi connectivity index (χ4v) is 2.84. The summed E-state index contributed by atoms with van der Waals surface area (Å²) in [5.41, 5.74) is 0.702. The van der Waals surface area contributed by atoms with E-state index in [0.29, 0.717) is 16.6 Å². The van der Waals surface area contributed by atoms with Crippen LogP contribution in [-0.2, 0) is 11.3 Å². The van der Waals surface area contributed by atoms with Gasteiger partial charge in [-0.1, -0.05) is 29.3 Å². The predicted molar refractivity (Wildman–Crippen MR) is 98.1 cm³/mol. The van der Waals surface area contributed by atoms with E-state index in [-0.39, 0.29) is 11.6 Å². The number of benzene rings is 1. The number of aromatic nitrogens is 5. The zero-order chi connectivity index (χ0) is 19.6. The second kappa shape index (κ2) is 7.77. The van der Waals surface area contributed by atoms with Crippen LogP contribution in [0.2, 0.25) is 10.0 Å². The van der Waals surface area contributed by atoms with Crippen LogP contribution in [0.3, 0.4) is 0 Å². The van der Waals surface area contributed by atoms with E-state index in [1.165, 1.54) is 30.2 Å². The van der Waals surface area contributed by atoms with Gasteiger partial charge in [0.05, 0.1) is 6.54 Å². The van der Waals surface area contributed by atoms with Crippen molar-refractivity contribution in [2.45, 2.75) is 19.5 Å². The normalized spacial score (nSPS) is 12.0. The highest BCUT2D eigenvalue weighted by atomic mass is 35.5. The number of nitrogens with one attached hydrogen (secondary N) is 1. The van der Waals surface area contributed by atoms with Crippen molar-refractivity contribution in [1.29, 1.82) is 0 Å². The summed E-state index contributed by atoms with van der Waals surface area (Å²) >= 11 is 12.0. The monoisotopic (exact) mass is 408 g/mol. The summed E-state index contributed by atoms with van der Waals surface area (Å²) in [6, 6.07) is 5.58. The topological polar surface area (TPSA) is 115 Å². The molecule has 27 heavy (non-hydrogen) atoms. The Balaban J connectivity index is 1.69. The van der Waals surface area contributed by atoms with E-state index in [4.69, 9.17) is 28.3 Å². The highest BCUT2D eigenvalue weighted by Crippen LogP contribution is 2.21. The van der Waals surface area contributed by atoms with Crippen molar-refractivity contribution in [1.82, 2.24) is 24.5 Å². The standard InChI is InChI=1S/C16H14Cl2N6O3/c1-9(24-13(15(26)27)4-5-20-24)14(25)21-16-19-8-23(22-16)7-10-2-3-11(17)6-12(10)18/h2-6,8-9H,7H2,1H3,(H,26,27)(H,21,22,25). The van der Waals surface area contributed by atoms with Gasteiger partial charge >= 0.3 is 5.97 Å². The summed E-state index contributed by atoms with van der Waals surface area (Å²) < 4.78 is 2.62. The molecule has 0 saturated heterocycles. The Kier molecular flexibility index (Phi) is 5.43. The van der Waals surface area contributed by atoms with Crippen LogP contribution < -0.4 is 5.32 Å². The minimum Gasteiger partial charge on any atom is -0.477 e. The molecule has 1 amide bonds. The third-order valence-electron chi connectivity index (χ3n) is 3.75. The van der Waals surface area contributed by atoms with Crippen LogP contribution in [0.1, 0.15) is 29.0 Å². The fraction of sp³-hybridized carbons (Fsp3) is 0.188. The van der Waals surface area contributed by atoms with Crippen molar-refractivity contribution in [3.8, 4) is 0 Å². The number of hydrogen-bond donors (Lipinski definition) is 2. The van der Waals surface area contributed by atoms with Crippen LogP contribution in [-0.4, -0.2) is 41.5 Å². The number of carboxylic acid groups (broad SMARTS) is 1. The van der Waals surface area contributed by atoms with Crippen LogP contribution in [0.5, 0.6) is 0 Å². The smallest absolute Gasteiger partial charge is 0.354 e. The molecule has 140 valence electrons. The Bertz CT molecular complexity index is 1000. The van der Waals surface area contributed by atoms with E-state index < -0.39 is 17.9 Å². The molecule has 0 spiro atoms. The lowest BCUT2D eigenvalue weighted by atomic mass is 10.2. The Labute approximate surface area is 163 Å². The molecule has 0 aliphatic heterocycles.